The largest absolute Gasteiger partial charge is 0.489 e. The van der Waals surface area contributed by atoms with Gasteiger partial charge in [-0.3, -0.25) is 0 Å². The van der Waals surface area contributed by atoms with Gasteiger partial charge in [0.15, 0.2) is 0 Å². The van der Waals surface area contributed by atoms with E-state index < -0.39 is 10.0 Å². The average molecular weight is 298 g/mol. The van der Waals surface area contributed by atoms with E-state index in [0.29, 0.717) is 16.9 Å². The molecule has 0 aromatic heterocycles. The number of primary sulfonamides is 1. The van der Waals surface area contributed by atoms with Gasteiger partial charge in [-0.05, 0) is 49.3 Å². The van der Waals surface area contributed by atoms with Gasteiger partial charge < -0.3 is 10.5 Å². The van der Waals surface area contributed by atoms with Crippen LogP contribution in [0.1, 0.15) is 39.5 Å². The Hall–Kier alpha value is -1.27. The summed E-state index contributed by atoms with van der Waals surface area (Å²) in [6.45, 7) is 4.48. The normalized spacial score (nSPS) is 19.8. The number of nitrogen functional groups attached to an aromatic ring is 1. The van der Waals surface area contributed by atoms with Crippen molar-refractivity contribution in [3.63, 3.8) is 0 Å². The van der Waals surface area contributed by atoms with Crippen LogP contribution in [-0.2, 0) is 10.0 Å². The van der Waals surface area contributed by atoms with Crippen molar-refractivity contribution in [3.8, 4) is 5.75 Å². The SMILES string of the molecule is CC1(C)CCC(Oc2ccc(N)cc2S(N)(=O)=O)CC1. The van der Waals surface area contributed by atoms with E-state index in [9.17, 15) is 8.42 Å². The minimum Gasteiger partial charge on any atom is -0.489 e. The molecule has 0 spiro atoms. The fraction of sp³-hybridized carbons (Fsp3) is 0.571. The summed E-state index contributed by atoms with van der Waals surface area (Å²) < 4.78 is 29.0. The number of sulfonamides is 1. The van der Waals surface area contributed by atoms with Crippen LogP contribution in [0, 0.1) is 5.41 Å². The molecule has 1 fully saturated rings. The highest BCUT2D eigenvalue weighted by Gasteiger charge is 2.28. The first kappa shape index (κ1) is 15.1. The van der Waals surface area contributed by atoms with E-state index >= 15 is 0 Å². The monoisotopic (exact) mass is 298 g/mol. The van der Waals surface area contributed by atoms with Crippen molar-refractivity contribution in [1.29, 1.82) is 0 Å². The van der Waals surface area contributed by atoms with Crippen LogP contribution in [0.25, 0.3) is 0 Å². The number of hydrogen-bond donors (Lipinski definition) is 2. The lowest BCUT2D eigenvalue weighted by Gasteiger charge is -2.34. The molecule has 1 aliphatic rings. The minimum absolute atomic E-state index is 0.0344. The highest BCUT2D eigenvalue weighted by atomic mass is 32.2. The molecule has 0 heterocycles. The number of ether oxygens (including phenoxy) is 1. The maximum Gasteiger partial charge on any atom is 0.241 e. The van der Waals surface area contributed by atoms with Crippen LogP contribution in [0.2, 0.25) is 0 Å². The van der Waals surface area contributed by atoms with Crippen molar-refractivity contribution in [2.45, 2.75) is 50.5 Å². The van der Waals surface area contributed by atoms with Gasteiger partial charge in [0.05, 0.1) is 6.10 Å². The molecule has 0 unspecified atom stereocenters. The lowest BCUT2D eigenvalue weighted by atomic mass is 9.76. The molecule has 1 aromatic rings. The second kappa shape index (κ2) is 5.26. The van der Waals surface area contributed by atoms with Crippen LogP contribution in [0.15, 0.2) is 23.1 Å². The second-order valence-electron chi connectivity index (χ2n) is 6.23. The van der Waals surface area contributed by atoms with Crippen molar-refractivity contribution >= 4 is 15.7 Å². The van der Waals surface area contributed by atoms with Crippen LogP contribution < -0.4 is 15.6 Å². The van der Waals surface area contributed by atoms with E-state index in [1.807, 2.05) is 0 Å². The Labute approximate surface area is 120 Å². The van der Waals surface area contributed by atoms with Crippen LogP contribution in [-0.4, -0.2) is 14.5 Å². The molecule has 5 nitrogen and oxygen atoms in total. The molecule has 0 amide bonds. The molecule has 0 radical (unpaired) electrons. The molecule has 0 aliphatic heterocycles. The second-order valence-corrected chi connectivity index (χ2v) is 7.76. The van der Waals surface area contributed by atoms with Crippen LogP contribution in [0.5, 0.6) is 5.75 Å². The van der Waals surface area contributed by atoms with Crippen LogP contribution >= 0.6 is 0 Å². The quantitative estimate of drug-likeness (QED) is 0.837. The van der Waals surface area contributed by atoms with E-state index in [2.05, 4.69) is 13.8 Å². The van der Waals surface area contributed by atoms with Gasteiger partial charge in [0.2, 0.25) is 10.0 Å². The maximum absolute atomic E-state index is 11.6. The van der Waals surface area contributed by atoms with Crippen molar-refractivity contribution in [3.05, 3.63) is 18.2 Å². The van der Waals surface area contributed by atoms with Gasteiger partial charge >= 0.3 is 0 Å². The molecule has 20 heavy (non-hydrogen) atoms. The zero-order chi connectivity index (χ0) is 15.0. The molecule has 0 atom stereocenters. The summed E-state index contributed by atoms with van der Waals surface area (Å²) in [6.07, 6.45) is 4.00. The third-order valence-electron chi connectivity index (χ3n) is 3.85. The topological polar surface area (TPSA) is 95.4 Å². The Morgan fingerprint density at radius 3 is 2.40 bits per heavy atom. The van der Waals surface area contributed by atoms with Gasteiger partial charge in [-0.25, -0.2) is 13.6 Å². The first-order valence-corrected chi connectivity index (χ1v) is 8.31. The molecule has 6 heteroatoms. The smallest absolute Gasteiger partial charge is 0.241 e. The highest BCUT2D eigenvalue weighted by Crippen LogP contribution is 2.37. The summed E-state index contributed by atoms with van der Waals surface area (Å²) in [5.74, 6) is 0.298. The molecule has 1 aliphatic carbocycles. The summed E-state index contributed by atoms with van der Waals surface area (Å²) in [6, 6.07) is 4.54. The van der Waals surface area contributed by atoms with Crippen molar-refractivity contribution in [1.82, 2.24) is 0 Å². The Bertz CT molecular complexity index is 586. The Balaban J connectivity index is 2.18. The molecule has 0 saturated heterocycles. The van der Waals surface area contributed by atoms with E-state index in [4.69, 9.17) is 15.6 Å². The molecular weight excluding hydrogens is 276 g/mol. The first-order valence-electron chi connectivity index (χ1n) is 6.76. The summed E-state index contributed by atoms with van der Waals surface area (Å²) in [7, 11) is -3.83. The van der Waals surface area contributed by atoms with Crippen molar-refractivity contribution < 1.29 is 13.2 Å². The zero-order valence-corrected chi connectivity index (χ0v) is 12.7. The Morgan fingerprint density at radius 2 is 1.85 bits per heavy atom. The van der Waals surface area contributed by atoms with E-state index in [-0.39, 0.29) is 11.0 Å². The van der Waals surface area contributed by atoms with Gasteiger partial charge in [-0.2, -0.15) is 0 Å². The number of rotatable bonds is 3. The molecule has 1 saturated carbocycles. The Morgan fingerprint density at radius 1 is 1.25 bits per heavy atom. The number of anilines is 1. The molecular formula is C14H22N2O3S. The average Bonchev–Trinajstić information content (AvgIpc) is 2.33. The van der Waals surface area contributed by atoms with Crippen LogP contribution in [0.4, 0.5) is 5.69 Å². The first-order chi connectivity index (χ1) is 9.17. The molecule has 1 aromatic carbocycles. The summed E-state index contributed by atoms with van der Waals surface area (Å²) in [5.41, 5.74) is 6.31. The van der Waals surface area contributed by atoms with Gasteiger partial charge in [-0.1, -0.05) is 13.8 Å². The lowest BCUT2D eigenvalue weighted by molar-refractivity contribution is 0.0963. The predicted octanol–water partition coefficient (Wildman–Crippen LogP) is 2.26. The third kappa shape index (κ3) is 3.64. The van der Waals surface area contributed by atoms with E-state index in [1.54, 1.807) is 12.1 Å². The van der Waals surface area contributed by atoms with E-state index in [0.717, 1.165) is 25.7 Å². The zero-order valence-electron chi connectivity index (χ0n) is 11.9. The fourth-order valence-corrected chi connectivity index (χ4v) is 3.21. The maximum atomic E-state index is 11.6. The molecule has 2 rings (SSSR count). The molecule has 112 valence electrons. The van der Waals surface area contributed by atoms with Gasteiger partial charge in [0, 0.05) is 5.69 Å². The standard InChI is InChI=1S/C14H22N2O3S/c1-14(2)7-5-11(6-8-14)19-12-4-3-10(15)9-13(12)20(16,17)18/h3-4,9,11H,5-8,15H2,1-2H3,(H2,16,17,18). The van der Waals surface area contributed by atoms with Crippen molar-refractivity contribution in [2.75, 3.05) is 5.73 Å². The summed E-state index contributed by atoms with van der Waals surface area (Å²) in [4.78, 5) is -0.0395. The highest BCUT2D eigenvalue weighted by molar-refractivity contribution is 7.89. The number of nitrogens with two attached hydrogens (primary N) is 2. The van der Waals surface area contributed by atoms with E-state index in [1.165, 1.54) is 6.07 Å². The lowest BCUT2D eigenvalue weighted by Crippen LogP contribution is -2.29. The fourth-order valence-electron chi connectivity index (χ4n) is 2.51. The van der Waals surface area contributed by atoms with Crippen molar-refractivity contribution in [2.24, 2.45) is 10.6 Å². The van der Waals surface area contributed by atoms with Crippen LogP contribution in [0.3, 0.4) is 0 Å². The van der Waals surface area contributed by atoms with Gasteiger partial charge in [0.25, 0.3) is 0 Å². The van der Waals surface area contributed by atoms with Gasteiger partial charge in [0.1, 0.15) is 10.6 Å². The number of hydrogen-bond acceptors (Lipinski definition) is 4. The third-order valence-corrected chi connectivity index (χ3v) is 4.79. The summed E-state index contributed by atoms with van der Waals surface area (Å²) in [5, 5.41) is 5.21. The molecule has 4 N–H and O–H groups in total. The number of benzene rings is 1. The predicted molar refractivity (Wildman–Crippen MR) is 78.9 cm³/mol. The summed E-state index contributed by atoms with van der Waals surface area (Å²) >= 11 is 0. The minimum atomic E-state index is -3.83. The van der Waals surface area contributed by atoms with Gasteiger partial charge in [-0.15, -0.1) is 0 Å². The molecule has 0 bridgehead atoms. The Kier molecular flexibility index (Phi) is 3.97.